The topological polar surface area (TPSA) is 92.4 Å². The van der Waals surface area contributed by atoms with Crippen LogP contribution in [-0.2, 0) is 11.2 Å². The number of rotatable bonds is 6. The molecule has 1 atom stereocenters. The molecule has 0 saturated heterocycles. The lowest BCUT2D eigenvalue weighted by molar-refractivity contribution is -0.121. The van der Waals surface area contributed by atoms with E-state index in [2.05, 4.69) is 20.4 Å². The van der Waals surface area contributed by atoms with Crippen molar-refractivity contribution in [1.29, 1.82) is 0 Å². The number of aromatic nitrogens is 4. The third kappa shape index (κ3) is 3.98. The van der Waals surface area contributed by atoms with Crippen molar-refractivity contribution >= 4 is 11.7 Å². The molecule has 0 radical (unpaired) electrons. The molecule has 114 valence electrons. The van der Waals surface area contributed by atoms with Gasteiger partial charge in [-0.2, -0.15) is 4.98 Å². The number of aryl methyl sites for hydroxylation is 2. The standard InChI is InChI=1S/C14H21N5O2/c1-4-5-11(20)8-15-13(21)7-12-17-14-16-9(2)6-10(3)19(14)18-12/h6,11,20H,4-5,7-8H2,1-3H3,(H,15,21). The molecule has 0 fully saturated rings. The number of nitrogens with zero attached hydrogens (tertiary/aromatic N) is 4. The van der Waals surface area contributed by atoms with Crippen LogP contribution in [0.2, 0.25) is 0 Å². The van der Waals surface area contributed by atoms with Gasteiger partial charge in [0.05, 0.1) is 12.5 Å². The zero-order chi connectivity index (χ0) is 15.4. The van der Waals surface area contributed by atoms with Crippen LogP contribution in [0.5, 0.6) is 0 Å². The maximum Gasteiger partial charge on any atom is 0.252 e. The first-order valence-electron chi connectivity index (χ1n) is 7.14. The Kier molecular flexibility index (Phi) is 4.85. The highest BCUT2D eigenvalue weighted by atomic mass is 16.3. The highest BCUT2D eigenvalue weighted by Gasteiger charge is 2.12. The number of fused-ring (bicyclic) bond motifs is 1. The van der Waals surface area contributed by atoms with E-state index < -0.39 is 6.10 Å². The van der Waals surface area contributed by atoms with Crippen LogP contribution in [0, 0.1) is 13.8 Å². The van der Waals surface area contributed by atoms with E-state index in [1.807, 2.05) is 26.8 Å². The van der Waals surface area contributed by atoms with Crippen molar-refractivity contribution in [3.8, 4) is 0 Å². The van der Waals surface area contributed by atoms with Crippen molar-refractivity contribution in [3.63, 3.8) is 0 Å². The number of hydrogen-bond acceptors (Lipinski definition) is 5. The smallest absolute Gasteiger partial charge is 0.252 e. The molecule has 21 heavy (non-hydrogen) atoms. The van der Waals surface area contributed by atoms with E-state index in [4.69, 9.17) is 0 Å². The van der Waals surface area contributed by atoms with Gasteiger partial charge in [0.15, 0.2) is 5.82 Å². The van der Waals surface area contributed by atoms with Crippen LogP contribution >= 0.6 is 0 Å². The molecule has 0 aliphatic heterocycles. The average Bonchev–Trinajstić information content (AvgIpc) is 2.79. The largest absolute Gasteiger partial charge is 0.391 e. The number of carbonyl (C=O) groups excluding carboxylic acids is 1. The quantitative estimate of drug-likeness (QED) is 0.811. The molecule has 0 aromatic carbocycles. The molecule has 2 N–H and O–H groups in total. The van der Waals surface area contributed by atoms with Crippen LogP contribution in [0.25, 0.3) is 5.78 Å². The summed E-state index contributed by atoms with van der Waals surface area (Å²) in [5.41, 5.74) is 1.79. The molecule has 0 spiro atoms. The number of aliphatic hydroxyl groups excluding tert-OH is 1. The summed E-state index contributed by atoms with van der Waals surface area (Å²) < 4.78 is 1.63. The fourth-order valence-corrected chi connectivity index (χ4v) is 2.16. The van der Waals surface area contributed by atoms with Gasteiger partial charge in [-0.25, -0.2) is 9.50 Å². The first-order valence-corrected chi connectivity index (χ1v) is 7.14. The van der Waals surface area contributed by atoms with Crippen LogP contribution in [-0.4, -0.2) is 43.2 Å². The first-order chi connectivity index (χ1) is 9.99. The minimum atomic E-state index is -0.500. The van der Waals surface area contributed by atoms with Gasteiger partial charge in [0, 0.05) is 17.9 Å². The molecule has 7 nitrogen and oxygen atoms in total. The van der Waals surface area contributed by atoms with Crippen molar-refractivity contribution in [2.24, 2.45) is 0 Å². The van der Waals surface area contributed by atoms with Gasteiger partial charge >= 0.3 is 0 Å². The zero-order valence-electron chi connectivity index (χ0n) is 12.6. The van der Waals surface area contributed by atoms with E-state index >= 15 is 0 Å². The Morgan fingerprint density at radius 3 is 2.90 bits per heavy atom. The Balaban J connectivity index is 2.00. The predicted octanol–water partition coefficient (Wildman–Crippen LogP) is 0.561. The second-order valence-electron chi connectivity index (χ2n) is 5.20. The highest BCUT2D eigenvalue weighted by Crippen LogP contribution is 2.05. The Morgan fingerprint density at radius 1 is 1.43 bits per heavy atom. The Hall–Kier alpha value is -2.02. The van der Waals surface area contributed by atoms with Gasteiger partial charge in [-0.1, -0.05) is 13.3 Å². The van der Waals surface area contributed by atoms with Gasteiger partial charge in [0.25, 0.3) is 5.78 Å². The van der Waals surface area contributed by atoms with E-state index in [9.17, 15) is 9.90 Å². The van der Waals surface area contributed by atoms with Gasteiger partial charge in [-0.15, -0.1) is 5.10 Å². The van der Waals surface area contributed by atoms with E-state index in [1.54, 1.807) is 4.52 Å². The van der Waals surface area contributed by atoms with E-state index in [1.165, 1.54) is 0 Å². The molecule has 2 rings (SSSR count). The fourth-order valence-electron chi connectivity index (χ4n) is 2.16. The van der Waals surface area contributed by atoms with Crippen molar-refractivity contribution in [2.75, 3.05) is 6.54 Å². The lowest BCUT2D eigenvalue weighted by atomic mass is 10.2. The lowest BCUT2D eigenvalue weighted by Crippen LogP contribution is -2.33. The van der Waals surface area contributed by atoms with Crippen LogP contribution in [0.1, 0.15) is 37.0 Å². The summed E-state index contributed by atoms with van der Waals surface area (Å²) in [7, 11) is 0. The summed E-state index contributed by atoms with van der Waals surface area (Å²) in [6.07, 6.45) is 1.14. The average molecular weight is 291 g/mol. The number of aliphatic hydroxyl groups is 1. The summed E-state index contributed by atoms with van der Waals surface area (Å²) in [5, 5.41) is 16.5. The van der Waals surface area contributed by atoms with E-state index in [0.29, 0.717) is 18.0 Å². The molecule has 0 aliphatic carbocycles. The molecule has 0 aliphatic rings. The van der Waals surface area contributed by atoms with Crippen molar-refractivity contribution < 1.29 is 9.90 Å². The van der Waals surface area contributed by atoms with E-state index in [-0.39, 0.29) is 18.9 Å². The molecule has 1 amide bonds. The predicted molar refractivity (Wildman–Crippen MR) is 77.9 cm³/mol. The van der Waals surface area contributed by atoms with Crippen LogP contribution in [0.15, 0.2) is 6.07 Å². The second-order valence-corrected chi connectivity index (χ2v) is 5.20. The van der Waals surface area contributed by atoms with Crippen LogP contribution < -0.4 is 5.32 Å². The first kappa shape index (κ1) is 15.4. The fraction of sp³-hybridized carbons (Fsp3) is 0.571. The van der Waals surface area contributed by atoms with Crippen LogP contribution in [0.3, 0.4) is 0 Å². The molecule has 0 saturated carbocycles. The minimum absolute atomic E-state index is 0.0840. The highest BCUT2D eigenvalue weighted by molar-refractivity contribution is 5.77. The Labute approximate surface area is 123 Å². The van der Waals surface area contributed by atoms with Crippen molar-refractivity contribution in [3.05, 3.63) is 23.3 Å². The number of nitrogens with one attached hydrogen (secondary N) is 1. The maximum absolute atomic E-state index is 11.8. The molecule has 0 bridgehead atoms. The third-order valence-electron chi connectivity index (χ3n) is 3.14. The van der Waals surface area contributed by atoms with Gasteiger partial charge in [0.1, 0.15) is 0 Å². The summed E-state index contributed by atoms with van der Waals surface area (Å²) >= 11 is 0. The number of carbonyl (C=O) groups is 1. The lowest BCUT2D eigenvalue weighted by Gasteiger charge is -2.09. The van der Waals surface area contributed by atoms with Gasteiger partial charge in [-0.05, 0) is 26.3 Å². The van der Waals surface area contributed by atoms with Gasteiger partial charge < -0.3 is 10.4 Å². The molecule has 2 heterocycles. The maximum atomic E-state index is 11.8. The number of hydrogen-bond donors (Lipinski definition) is 2. The zero-order valence-corrected chi connectivity index (χ0v) is 12.6. The summed E-state index contributed by atoms with van der Waals surface area (Å²) in [5.74, 6) is 0.732. The van der Waals surface area contributed by atoms with Crippen molar-refractivity contribution in [1.82, 2.24) is 24.9 Å². The van der Waals surface area contributed by atoms with Crippen molar-refractivity contribution in [2.45, 2.75) is 46.1 Å². The summed E-state index contributed by atoms with van der Waals surface area (Å²) in [6.45, 7) is 6.06. The summed E-state index contributed by atoms with van der Waals surface area (Å²) in [6, 6.07) is 1.91. The monoisotopic (exact) mass is 291 g/mol. The Bertz CT molecular complexity index is 638. The van der Waals surface area contributed by atoms with Crippen LogP contribution in [0.4, 0.5) is 0 Å². The summed E-state index contributed by atoms with van der Waals surface area (Å²) in [4.78, 5) is 20.4. The number of amides is 1. The molecular formula is C14H21N5O2. The third-order valence-corrected chi connectivity index (χ3v) is 3.14. The molecule has 2 aromatic heterocycles. The molecule has 2 aromatic rings. The SMILES string of the molecule is CCCC(O)CNC(=O)Cc1nc2nc(C)cc(C)n2n1. The molecule has 1 unspecified atom stereocenters. The second kappa shape index (κ2) is 6.62. The molecular weight excluding hydrogens is 270 g/mol. The minimum Gasteiger partial charge on any atom is -0.391 e. The van der Waals surface area contributed by atoms with E-state index in [0.717, 1.165) is 17.8 Å². The Morgan fingerprint density at radius 2 is 2.19 bits per heavy atom. The van der Waals surface area contributed by atoms with Gasteiger partial charge in [0.2, 0.25) is 5.91 Å². The molecule has 7 heteroatoms. The van der Waals surface area contributed by atoms with Gasteiger partial charge in [-0.3, -0.25) is 4.79 Å². The normalized spacial score (nSPS) is 12.6.